The van der Waals surface area contributed by atoms with Crippen LogP contribution in [0.4, 0.5) is 0 Å². The van der Waals surface area contributed by atoms with Gasteiger partial charge in [-0.15, -0.1) is 0 Å². The number of ether oxygens (including phenoxy) is 1. The van der Waals surface area contributed by atoms with Gasteiger partial charge >= 0.3 is 90.0 Å². The molecular weight excluding hydrogens is 293 g/mol. The van der Waals surface area contributed by atoms with Gasteiger partial charge < -0.3 is 0 Å². The van der Waals surface area contributed by atoms with Gasteiger partial charge in [0.2, 0.25) is 0 Å². The Balaban J connectivity index is 2.10. The van der Waals surface area contributed by atoms with Crippen molar-refractivity contribution in [1.29, 1.82) is 0 Å². The van der Waals surface area contributed by atoms with Crippen LogP contribution in [0.25, 0.3) is 0 Å². The Morgan fingerprint density at radius 1 is 1.43 bits per heavy atom. The number of carbonyl (C=O) groups excluding carboxylic acids is 1. The first kappa shape index (κ1) is 9.76. The molecule has 76 valence electrons. The fourth-order valence-corrected chi connectivity index (χ4v) is 5.71. The normalized spacial score (nSPS) is 16.4. The Morgan fingerprint density at radius 2 is 2.14 bits per heavy atom. The van der Waals surface area contributed by atoms with Gasteiger partial charge in [-0.2, -0.15) is 0 Å². The predicted molar refractivity (Wildman–Crippen MR) is 63.6 cm³/mol. The van der Waals surface area contributed by atoms with Gasteiger partial charge in [-0.25, -0.2) is 0 Å². The molecule has 0 aromatic heterocycles. The molecule has 0 saturated carbocycles. The number of hydrogen-bond acceptors (Lipinski definition) is 2. The number of nitrogens with two attached hydrogens (primary N) is 1. The van der Waals surface area contributed by atoms with Gasteiger partial charge in [-0.3, -0.25) is 0 Å². The van der Waals surface area contributed by atoms with Crippen LogP contribution in [0.2, 0.25) is 0 Å². The SMILES string of the molecule is NC(=O)COc1ccccc1I1CC1. The molecule has 1 aliphatic rings. The average Bonchev–Trinajstić information content (AvgIpc) is 2.98. The van der Waals surface area contributed by atoms with Gasteiger partial charge in [-0.1, -0.05) is 0 Å². The molecule has 1 aromatic rings. The van der Waals surface area contributed by atoms with Crippen molar-refractivity contribution in [2.45, 2.75) is 0 Å². The van der Waals surface area contributed by atoms with E-state index in [2.05, 4.69) is 6.07 Å². The molecular formula is C10H12INO2. The summed E-state index contributed by atoms with van der Waals surface area (Å²) in [5.41, 5.74) is 5.03. The van der Waals surface area contributed by atoms with E-state index in [0.717, 1.165) is 5.75 Å². The van der Waals surface area contributed by atoms with E-state index in [1.54, 1.807) is 0 Å². The second kappa shape index (κ2) is 4.16. The van der Waals surface area contributed by atoms with E-state index >= 15 is 0 Å². The molecule has 0 bridgehead atoms. The van der Waals surface area contributed by atoms with Gasteiger partial charge in [-0.05, 0) is 0 Å². The van der Waals surface area contributed by atoms with Gasteiger partial charge in [0.05, 0.1) is 0 Å². The minimum atomic E-state index is -0.822. The number of halogens is 1. The van der Waals surface area contributed by atoms with Crippen molar-refractivity contribution in [1.82, 2.24) is 0 Å². The zero-order valence-electron chi connectivity index (χ0n) is 7.70. The monoisotopic (exact) mass is 305 g/mol. The Morgan fingerprint density at radius 3 is 2.79 bits per heavy atom. The Hall–Kier alpha value is -0.780. The zero-order chi connectivity index (χ0) is 9.97. The van der Waals surface area contributed by atoms with Crippen molar-refractivity contribution < 1.29 is 9.53 Å². The van der Waals surface area contributed by atoms with Crippen molar-refractivity contribution in [3.05, 3.63) is 27.8 Å². The fraction of sp³-hybridized carbons (Fsp3) is 0.300. The molecule has 1 aromatic carbocycles. The third-order valence-corrected chi connectivity index (χ3v) is 6.56. The summed E-state index contributed by atoms with van der Waals surface area (Å²) in [7, 11) is 0. The minimum absolute atomic E-state index is 0.0129. The summed E-state index contributed by atoms with van der Waals surface area (Å²) >= 11 is -0.822. The molecule has 0 radical (unpaired) electrons. The van der Waals surface area contributed by atoms with E-state index in [1.165, 1.54) is 12.4 Å². The van der Waals surface area contributed by atoms with Crippen LogP contribution in [0.1, 0.15) is 0 Å². The van der Waals surface area contributed by atoms with Crippen LogP contribution in [-0.2, 0) is 4.79 Å². The number of carbonyl (C=O) groups is 1. The standard InChI is InChI=1S/C10H12INO2/c12-10(13)7-14-9-4-2-1-3-8(9)11-5-6-11/h1-4H,5-7H2,(H2,12,13). The van der Waals surface area contributed by atoms with E-state index < -0.39 is 25.7 Å². The van der Waals surface area contributed by atoms with Gasteiger partial charge in [0.1, 0.15) is 0 Å². The molecule has 2 rings (SSSR count). The third-order valence-electron chi connectivity index (χ3n) is 1.87. The first-order chi connectivity index (χ1) is 6.77. The number of amides is 1. The Bertz CT molecular complexity index is 350. The molecule has 1 amide bonds. The number of benzene rings is 1. The summed E-state index contributed by atoms with van der Waals surface area (Å²) in [4.78, 5) is 10.6. The average molecular weight is 305 g/mol. The van der Waals surface area contributed by atoms with Crippen LogP contribution >= 0.6 is 19.8 Å². The fourth-order valence-electron chi connectivity index (χ4n) is 1.17. The first-order valence-electron chi connectivity index (χ1n) is 4.39. The number of primary amides is 1. The number of alkyl halides is 2. The maximum absolute atomic E-state index is 10.6. The Labute approximate surface area is 90.0 Å². The predicted octanol–water partition coefficient (Wildman–Crippen LogP) is 1.24. The van der Waals surface area contributed by atoms with E-state index in [0.29, 0.717) is 0 Å². The molecule has 0 unspecified atom stereocenters. The molecule has 1 saturated heterocycles. The molecule has 14 heavy (non-hydrogen) atoms. The number of rotatable bonds is 4. The summed E-state index contributed by atoms with van der Waals surface area (Å²) in [6.45, 7) is -0.0129. The second-order valence-corrected chi connectivity index (χ2v) is 8.94. The quantitative estimate of drug-likeness (QED) is 0.672. The van der Waals surface area contributed by atoms with Crippen molar-refractivity contribution in [3.8, 4) is 5.75 Å². The van der Waals surface area contributed by atoms with E-state index in [9.17, 15) is 4.79 Å². The maximum atomic E-state index is 10.6. The van der Waals surface area contributed by atoms with Crippen LogP contribution in [0.15, 0.2) is 24.3 Å². The molecule has 0 atom stereocenters. The van der Waals surface area contributed by atoms with E-state index in [4.69, 9.17) is 10.5 Å². The van der Waals surface area contributed by atoms with Crippen LogP contribution in [-0.4, -0.2) is 21.4 Å². The van der Waals surface area contributed by atoms with Crippen LogP contribution in [0, 0.1) is 3.57 Å². The molecule has 2 N–H and O–H groups in total. The third kappa shape index (κ3) is 2.37. The first-order valence-corrected chi connectivity index (χ1v) is 8.52. The molecule has 3 nitrogen and oxygen atoms in total. The summed E-state index contributed by atoms with van der Waals surface area (Å²) < 4.78 is 9.48. The van der Waals surface area contributed by atoms with E-state index in [-0.39, 0.29) is 6.61 Å². The molecule has 0 aliphatic carbocycles. The van der Waals surface area contributed by atoms with E-state index in [1.807, 2.05) is 18.2 Å². The second-order valence-electron chi connectivity index (χ2n) is 3.02. The molecule has 0 spiro atoms. The Kier molecular flexibility index (Phi) is 2.90. The topological polar surface area (TPSA) is 52.3 Å². The summed E-state index contributed by atoms with van der Waals surface area (Å²) in [5, 5.41) is 0. The summed E-state index contributed by atoms with van der Waals surface area (Å²) in [5.74, 6) is 0.452. The van der Waals surface area contributed by atoms with Crippen molar-refractivity contribution in [2.24, 2.45) is 5.73 Å². The van der Waals surface area contributed by atoms with Gasteiger partial charge in [0.15, 0.2) is 0 Å². The van der Waals surface area contributed by atoms with Crippen LogP contribution in [0.5, 0.6) is 5.75 Å². The molecule has 1 heterocycles. The summed E-state index contributed by atoms with van der Waals surface area (Å²) in [6.07, 6.45) is 0. The molecule has 1 aliphatic heterocycles. The van der Waals surface area contributed by atoms with Gasteiger partial charge in [0, 0.05) is 0 Å². The number of hydrogen-bond donors (Lipinski definition) is 1. The van der Waals surface area contributed by atoms with Crippen molar-refractivity contribution in [3.63, 3.8) is 0 Å². The van der Waals surface area contributed by atoms with Crippen LogP contribution in [0.3, 0.4) is 0 Å². The molecule has 4 heteroatoms. The van der Waals surface area contributed by atoms with Gasteiger partial charge in [0.25, 0.3) is 0 Å². The molecule has 1 fully saturated rings. The number of para-hydroxylation sites is 1. The zero-order valence-corrected chi connectivity index (χ0v) is 9.86. The van der Waals surface area contributed by atoms with Crippen molar-refractivity contribution in [2.75, 3.05) is 15.5 Å². The van der Waals surface area contributed by atoms with Crippen molar-refractivity contribution >= 4 is 25.7 Å². The van der Waals surface area contributed by atoms with Crippen LogP contribution < -0.4 is 10.5 Å². The summed E-state index contributed by atoms with van der Waals surface area (Å²) in [6, 6.07) is 8.00.